The number of hydrogen-bond donors (Lipinski definition) is 0. The standard InChI is InChI=1S/3C5H11O.3C4H9.O.2Sn/c3*1-5(2)3-4-6;3*1-3-4-2;;;/h3*5H,3-4H2,1-2H3;3*1,3-4H2,2H3;;;/q3*-1;;;;;+1;+2. The molecule has 0 bridgehead atoms. The molecule has 0 aliphatic heterocycles. The molecule has 0 amide bonds. The Kier molecular flexibility index (Phi) is 21.4. The van der Waals surface area contributed by atoms with Gasteiger partial charge in [0.05, 0.1) is 0 Å². The van der Waals surface area contributed by atoms with Crippen molar-refractivity contribution >= 4 is 38.8 Å². The summed E-state index contributed by atoms with van der Waals surface area (Å²) in [6.07, 6.45) is 10.3. The molecule has 0 N–H and O–H groups in total. The maximum atomic E-state index is 7.43. The molecule has 0 unspecified atom stereocenters. The van der Waals surface area contributed by atoms with Crippen molar-refractivity contribution in [2.45, 2.75) is 133 Å². The molecule has 0 saturated carbocycles. The zero-order chi connectivity index (χ0) is 25.2. The normalized spacial score (nSPS) is 13.1. The maximum absolute atomic E-state index is 7.43. The predicted octanol–water partition coefficient (Wildman–Crippen LogP) is 8.97. The van der Waals surface area contributed by atoms with Crippen LogP contribution < -0.4 is 0 Å². The van der Waals surface area contributed by atoms with E-state index in [1.54, 1.807) is 0 Å². The van der Waals surface area contributed by atoms with Crippen LogP contribution in [0.3, 0.4) is 0 Å². The third kappa shape index (κ3) is 17.5. The van der Waals surface area contributed by atoms with Crippen LogP contribution in [0.1, 0.15) is 120 Å². The van der Waals surface area contributed by atoms with Gasteiger partial charge in [-0.1, -0.05) is 0 Å². The number of hydrogen-bond acceptors (Lipinski definition) is 4. The van der Waals surface area contributed by atoms with Crippen molar-refractivity contribution in [3.63, 3.8) is 0 Å². The molecule has 200 valence electrons. The second-order valence-corrected chi connectivity index (χ2v) is 31.4. The fraction of sp³-hybridized carbons (Fsp3) is 1.00. The quantitative estimate of drug-likeness (QED) is 0.101. The molecule has 4 nitrogen and oxygen atoms in total. The summed E-state index contributed by atoms with van der Waals surface area (Å²) in [4.78, 5) is 0. The van der Waals surface area contributed by atoms with Crippen LogP contribution in [0.25, 0.3) is 0 Å². The summed E-state index contributed by atoms with van der Waals surface area (Å²) in [5.74, 6) is 1.92. The SMILES string of the molecule is CCC[CH2][Sn]([CH2]CCC)([O]CCC(C)C)[O][Sn]([CH2]CCC)([O]CCC(C)C)[O]CCC(C)C. The van der Waals surface area contributed by atoms with Gasteiger partial charge >= 0.3 is 220 Å². The summed E-state index contributed by atoms with van der Waals surface area (Å²) in [7, 11) is 0. The Morgan fingerprint density at radius 1 is 0.515 bits per heavy atom. The van der Waals surface area contributed by atoms with Crippen LogP contribution >= 0.6 is 0 Å². The van der Waals surface area contributed by atoms with Crippen molar-refractivity contribution in [1.29, 1.82) is 0 Å². The van der Waals surface area contributed by atoms with Crippen molar-refractivity contribution in [2.75, 3.05) is 19.8 Å². The Balaban J connectivity index is 5.95. The summed E-state index contributed by atoms with van der Waals surface area (Å²) in [5, 5.41) is 0. The summed E-state index contributed by atoms with van der Waals surface area (Å²) in [6.45, 7) is 22.9. The van der Waals surface area contributed by atoms with E-state index < -0.39 is 38.8 Å². The van der Waals surface area contributed by atoms with E-state index in [4.69, 9.17) is 10.6 Å². The molecule has 0 spiro atoms. The van der Waals surface area contributed by atoms with E-state index in [0.29, 0.717) is 17.8 Å². The van der Waals surface area contributed by atoms with Crippen LogP contribution in [0.2, 0.25) is 13.3 Å². The molecule has 6 heteroatoms. The van der Waals surface area contributed by atoms with E-state index in [1.165, 1.54) is 25.7 Å². The molecule has 0 aromatic carbocycles. The minimum atomic E-state index is -3.75. The van der Waals surface area contributed by atoms with E-state index >= 15 is 0 Å². The molecular weight excluding hydrogens is 626 g/mol. The van der Waals surface area contributed by atoms with Crippen LogP contribution in [-0.4, -0.2) is 58.6 Å². The molecule has 0 aliphatic rings. The van der Waals surface area contributed by atoms with Crippen LogP contribution in [-0.2, 0) is 10.6 Å². The van der Waals surface area contributed by atoms with Gasteiger partial charge in [-0.05, 0) is 0 Å². The first-order chi connectivity index (χ1) is 15.6. The molecule has 0 fully saturated rings. The van der Waals surface area contributed by atoms with Gasteiger partial charge in [0.1, 0.15) is 0 Å². The summed E-state index contributed by atoms with van der Waals surface area (Å²) >= 11 is -7.09. The first-order valence-corrected chi connectivity index (χ1v) is 26.1. The van der Waals surface area contributed by atoms with Gasteiger partial charge in [0.15, 0.2) is 0 Å². The van der Waals surface area contributed by atoms with E-state index in [1.807, 2.05) is 0 Å². The Bertz CT molecular complexity index is 422. The van der Waals surface area contributed by atoms with Gasteiger partial charge in [-0.3, -0.25) is 0 Å². The Hall–Kier alpha value is 1.44. The van der Waals surface area contributed by atoms with Crippen molar-refractivity contribution < 1.29 is 10.6 Å². The molecule has 0 saturated heterocycles. The van der Waals surface area contributed by atoms with Gasteiger partial charge in [0.2, 0.25) is 0 Å². The van der Waals surface area contributed by atoms with Gasteiger partial charge in [-0.15, -0.1) is 0 Å². The van der Waals surface area contributed by atoms with E-state index in [9.17, 15) is 0 Å². The van der Waals surface area contributed by atoms with E-state index in [2.05, 4.69) is 62.3 Å². The first-order valence-electron chi connectivity index (χ1n) is 14.3. The number of rotatable bonds is 23. The fourth-order valence-corrected chi connectivity index (χ4v) is 40.5. The Morgan fingerprint density at radius 3 is 1.24 bits per heavy atom. The molecule has 0 atom stereocenters. The third-order valence-corrected chi connectivity index (χ3v) is 36.0. The van der Waals surface area contributed by atoms with Crippen LogP contribution in [0.15, 0.2) is 0 Å². The Labute approximate surface area is 219 Å². The third-order valence-electron chi connectivity index (χ3n) is 6.10. The number of unbranched alkanes of at least 4 members (excludes halogenated alkanes) is 3. The van der Waals surface area contributed by atoms with Gasteiger partial charge in [0.25, 0.3) is 0 Å². The minimum absolute atomic E-state index is 0.631. The van der Waals surface area contributed by atoms with Crippen molar-refractivity contribution in [1.82, 2.24) is 0 Å². The molecule has 0 heterocycles. The molecule has 0 radical (unpaired) electrons. The predicted molar refractivity (Wildman–Crippen MR) is 148 cm³/mol. The van der Waals surface area contributed by atoms with Gasteiger partial charge < -0.3 is 0 Å². The van der Waals surface area contributed by atoms with Gasteiger partial charge in [-0.2, -0.15) is 0 Å². The second kappa shape index (κ2) is 20.5. The molecule has 33 heavy (non-hydrogen) atoms. The summed E-state index contributed by atoms with van der Waals surface area (Å²) < 4.78 is 31.3. The van der Waals surface area contributed by atoms with E-state index in [-0.39, 0.29) is 0 Å². The van der Waals surface area contributed by atoms with Crippen molar-refractivity contribution in [2.24, 2.45) is 17.8 Å². The van der Waals surface area contributed by atoms with Crippen LogP contribution in [0, 0.1) is 17.8 Å². The first kappa shape index (κ1) is 34.4. The monoisotopic (exact) mass is 688 g/mol. The second-order valence-electron chi connectivity index (χ2n) is 11.1. The van der Waals surface area contributed by atoms with Gasteiger partial charge in [0, 0.05) is 0 Å². The average molecular weight is 686 g/mol. The van der Waals surface area contributed by atoms with Crippen LogP contribution in [0.5, 0.6) is 0 Å². The summed E-state index contributed by atoms with van der Waals surface area (Å²) in [5.41, 5.74) is 0. The zero-order valence-corrected chi connectivity index (χ0v) is 29.7. The van der Waals surface area contributed by atoms with Crippen molar-refractivity contribution in [3.05, 3.63) is 0 Å². The van der Waals surface area contributed by atoms with E-state index in [0.717, 1.165) is 65.2 Å². The molecule has 0 aromatic heterocycles. The molecule has 0 aromatic rings. The topological polar surface area (TPSA) is 36.9 Å². The molecule has 0 rings (SSSR count). The van der Waals surface area contributed by atoms with Crippen LogP contribution in [0.4, 0.5) is 0 Å². The average Bonchev–Trinajstić information content (AvgIpc) is 2.74. The van der Waals surface area contributed by atoms with Gasteiger partial charge in [-0.25, -0.2) is 0 Å². The summed E-state index contributed by atoms with van der Waals surface area (Å²) in [6, 6.07) is 0. The molecule has 0 aliphatic carbocycles. The molecular formula is C27H60O4Sn2. The van der Waals surface area contributed by atoms with Crippen molar-refractivity contribution in [3.8, 4) is 0 Å². The zero-order valence-electron chi connectivity index (χ0n) is 24.0. The Morgan fingerprint density at radius 2 is 0.879 bits per heavy atom. The fourth-order valence-electron chi connectivity index (χ4n) is 3.65.